The Morgan fingerprint density at radius 2 is 2.32 bits per heavy atom. The normalized spacial score (nSPS) is 15.2. The van der Waals surface area contributed by atoms with Crippen molar-refractivity contribution in [2.75, 3.05) is 13.1 Å². The highest BCUT2D eigenvalue weighted by Crippen LogP contribution is 2.16. The second-order valence-corrected chi connectivity index (χ2v) is 4.94. The van der Waals surface area contributed by atoms with Gasteiger partial charge in [-0.05, 0) is 31.0 Å². The highest BCUT2D eigenvalue weighted by Gasteiger charge is 2.09. The van der Waals surface area contributed by atoms with Crippen LogP contribution in [0.25, 0.3) is 11.0 Å². The van der Waals surface area contributed by atoms with Crippen LogP contribution >= 0.6 is 0 Å². The molecule has 1 aromatic heterocycles. The first kappa shape index (κ1) is 12.0. The third kappa shape index (κ3) is 2.41. The van der Waals surface area contributed by atoms with Crippen LogP contribution in [0.1, 0.15) is 17.8 Å². The van der Waals surface area contributed by atoms with E-state index in [2.05, 4.69) is 57.3 Å². The van der Waals surface area contributed by atoms with E-state index in [1.54, 1.807) is 0 Å². The van der Waals surface area contributed by atoms with Gasteiger partial charge in [0, 0.05) is 20.1 Å². The summed E-state index contributed by atoms with van der Waals surface area (Å²) in [6.45, 7) is 4.67. The fourth-order valence-corrected chi connectivity index (χ4v) is 2.33. The van der Waals surface area contributed by atoms with Crippen molar-refractivity contribution in [1.82, 2.24) is 20.2 Å². The van der Waals surface area contributed by atoms with Gasteiger partial charge < -0.3 is 15.2 Å². The van der Waals surface area contributed by atoms with Crippen LogP contribution in [-0.2, 0) is 13.6 Å². The van der Waals surface area contributed by atoms with Crippen molar-refractivity contribution >= 4 is 17.0 Å². The highest BCUT2D eigenvalue weighted by atomic mass is 15.2. The number of guanidine groups is 1. The van der Waals surface area contributed by atoms with Gasteiger partial charge in [0.1, 0.15) is 5.82 Å². The van der Waals surface area contributed by atoms with Crippen LogP contribution < -0.4 is 10.6 Å². The Kier molecular flexibility index (Phi) is 3.11. The van der Waals surface area contributed by atoms with E-state index in [0.717, 1.165) is 36.8 Å². The van der Waals surface area contributed by atoms with E-state index < -0.39 is 0 Å². The smallest absolute Gasteiger partial charge is 0.191 e. The molecule has 1 aliphatic rings. The monoisotopic (exact) mass is 257 g/mol. The minimum absolute atomic E-state index is 0.691. The zero-order valence-corrected chi connectivity index (χ0v) is 11.4. The van der Waals surface area contributed by atoms with Crippen molar-refractivity contribution in [2.45, 2.75) is 19.9 Å². The summed E-state index contributed by atoms with van der Waals surface area (Å²) in [6.07, 6.45) is 1.11. The average Bonchev–Trinajstić information content (AvgIpc) is 2.74. The number of fused-ring (bicyclic) bond motifs is 1. The number of nitrogens with one attached hydrogen (secondary N) is 2. The lowest BCUT2D eigenvalue weighted by Crippen LogP contribution is -2.40. The van der Waals surface area contributed by atoms with Gasteiger partial charge in [-0.2, -0.15) is 0 Å². The van der Waals surface area contributed by atoms with Crippen LogP contribution in [0.4, 0.5) is 0 Å². The number of hydrogen-bond acceptors (Lipinski definition) is 4. The predicted molar refractivity (Wildman–Crippen MR) is 77.2 cm³/mol. The minimum atomic E-state index is 0.691. The highest BCUT2D eigenvalue weighted by molar-refractivity contribution is 5.80. The minimum Gasteiger partial charge on any atom is -0.356 e. The van der Waals surface area contributed by atoms with E-state index in [4.69, 9.17) is 0 Å². The molecule has 0 radical (unpaired) electrons. The molecular formula is C14H19N5. The zero-order valence-electron chi connectivity index (χ0n) is 11.4. The first-order valence-corrected chi connectivity index (χ1v) is 6.68. The second kappa shape index (κ2) is 4.91. The molecule has 0 saturated heterocycles. The van der Waals surface area contributed by atoms with Crippen LogP contribution in [0.3, 0.4) is 0 Å². The quantitative estimate of drug-likeness (QED) is 0.853. The Bertz CT molecular complexity index is 626. The summed E-state index contributed by atoms with van der Waals surface area (Å²) in [7, 11) is 2.05. The Morgan fingerprint density at radius 3 is 3.11 bits per heavy atom. The number of benzene rings is 1. The Balaban J connectivity index is 1.80. The molecule has 5 heteroatoms. The number of aliphatic imine (C=N–C) groups is 1. The van der Waals surface area contributed by atoms with Gasteiger partial charge in [-0.15, -0.1) is 0 Å². The SMILES string of the molecule is Cc1ccc2c(c1)nc(CNC1=NCCCN1)n2C. The van der Waals surface area contributed by atoms with E-state index in [1.165, 1.54) is 11.1 Å². The maximum atomic E-state index is 4.68. The molecule has 1 aliphatic heterocycles. The van der Waals surface area contributed by atoms with Gasteiger partial charge in [0.05, 0.1) is 17.6 Å². The van der Waals surface area contributed by atoms with Gasteiger partial charge in [-0.1, -0.05) is 6.07 Å². The molecule has 5 nitrogen and oxygen atoms in total. The molecule has 0 atom stereocenters. The van der Waals surface area contributed by atoms with Gasteiger partial charge >= 0.3 is 0 Å². The zero-order chi connectivity index (χ0) is 13.2. The van der Waals surface area contributed by atoms with Crippen molar-refractivity contribution in [3.8, 4) is 0 Å². The summed E-state index contributed by atoms with van der Waals surface area (Å²) in [5.41, 5.74) is 3.46. The Hall–Kier alpha value is -2.04. The van der Waals surface area contributed by atoms with Crippen LogP contribution in [-0.4, -0.2) is 28.6 Å². The van der Waals surface area contributed by atoms with Crippen molar-refractivity contribution in [1.29, 1.82) is 0 Å². The maximum absolute atomic E-state index is 4.68. The van der Waals surface area contributed by atoms with E-state index in [-0.39, 0.29) is 0 Å². The molecule has 2 heterocycles. The molecule has 0 saturated carbocycles. The molecule has 0 bridgehead atoms. The number of rotatable bonds is 2. The predicted octanol–water partition coefficient (Wildman–Crippen LogP) is 1.32. The van der Waals surface area contributed by atoms with E-state index in [9.17, 15) is 0 Å². The fraction of sp³-hybridized carbons (Fsp3) is 0.429. The molecule has 0 amide bonds. The molecule has 0 spiro atoms. The van der Waals surface area contributed by atoms with Gasteiger partial charge in [0.15, 0.2) is 5.96 Å². The van der Waals surface area contributed by atoms with Gasteiger partial charge in [0.25, 0.3) is 0 Å². The summed E-state index contributed by atoms with van der Waals surface area (Å²) < 4.78 is 2.13. The largest absolute Gasteiger partial charge is 0.356 e. The Labute approximate surface area is 112 Å². The van der Waals surface area contributed by atoms with E-state index >= 15 is 0 Å². The number of imidazole rings is 1. The summed E-state index contributed by atoms with van der Waals surface area (Å²) in [6, 6.07) is 6.36. The standard InChI is InChI=1S/C14H19N5/c1-10-4-5-12-11(8-10)18-13(19(12)2)9-17-14-15-6-3-7-16-14/h4-5,8H,3,6-7,9H2,1-2H3,(H2,15,16,17). The molecule has 0 unspecified atom stereocenters. The number of nitrogens with zero attached hydrogens (tertiary/aromatic N) is 3. The van der Waals surface area contributed by atoms with Crippen LogP contribution in [0, 0.1) is 6.92 Å². The summed E-state index contributed by atoms with van der Waals surface area (Å²) in [5.74, 6) is 1.91. The molecule has 0 aliphatic carbocycles. The molecule has 1 aromatic carbocycles. The van der Waals surface area contributed by atoms with Crippen molar-refractivity contribution in [3.05, 3.63) is 29.6 Å². The maximum Gasteiger partial charge on any atom is 0.191 e. The fourth-order valence-electron chi connectivity index (χ4n) is 2.33. The molecule has 2 N–H and O–H groups in total. The van der Waals surface area contributed by atoms with Gasteiger partial charge in [0.2, 0.25) is 0 Å². The number of aromatic nitrogens is 2. The summed E-state index contributed by atoms with van der Waals surface area (Å²) in [5, 5.41) is 6.56. The van der Waals surface area contributed by atoms with Crippen molar-refractivity contribution in [3.63, 3.8) is 0 Å². The molecule has 3 rings (SSSR count). The molecule has 19 heavy (non-hydrogen) atoms. The number of aryl methyl sites for hydroxylation is 2. The first-order valence-electron chi connectivity index (χ1n) is 6.68. The van der Waals surface area contributed by atoms with Crippen LogP contribution in [0.2, 0.25) is 0 Å². The van der Waals surface area contributed by atoms with E-state index in [1.807, 2.05) is 0 Å². The second-order valence-electron chi connectivity index (χ2n) is 4.94. The molecule has 100 valence electrons. The molecule has 0 fully saturated rings. The van der Waals surface area contributed by atoms with Crippen LogP contribution in [0.5, 0.6) is 0 Å². The van der Waals surface area contributed by atoms with Gasteiger partial charge in [-0.3, -0.25) is 4.99 Å². The molecular weight excluding hydrogens is 238 g/mol. The van der Waals surface area contributed by atoms with Crippen molar-refractivity contribution < 1.29 is 0 Å². The molecule has 2 aromatic rings. The summed E-state index contributed by atoms with van der Waals surface area (Å²) >= 11 is 0. The third-order valence-corrected chi connectivity index (χ3v) is 3.44. The lowest BCUT2D eigenvalue weighted by molar-refractivity contribution is 0.683. The third-order valence-electron chi connectivity index (χ3n) is 3.44. The average molecular weight is 257 g/mol. The lowest BCUT2D eigenvalue weighted by atomic mass is 10.2. The van der Waals surface area contributed by atoms with Crippen LogP contribution in [0.15, 0.2) is 23.2 Å². The Morgan fingerprint density at radius 1 is 1.42 bits per heavy atom. The van der Waals surface area contributed by atoms with Gasteiger partial charge in [-0.25, -0.2) is 4.98 Å². The summed E-state index contributed by atoms with van der Waals surface area (Å²) in [4.78, 5) is 9.07. The topological polar surface area (TPSA) is 54.2 Å². The van der Waals surface area contributed by atoms with E-state index in [0.29, 0.717) is 6.54 Å². The van der Waals surface area contributed by atoms with Crippen molar-refractivity contribution in [2.24, 2.45) is 12.0 Å². The number of hydrogen-bond donors (Lipinski definition) is 2. The lowest BCUT2D eigenvalue weighted by Gasteiger charge is -2.15. The first-order chi connectivity index (χ1) is 9.24.